The summed E-state index contributed by atoms with van der Waals surface area (Å²) in [4.78, 5) is 28.9. The van der Waals surface area contributed by atoms with Crippen LogP contribution in [0.15, 0.2) is 40.9 Å². The van der Waals surface area contributed by atoms with Crippen LogP contribution in [0.25, 0.3) is 11.5 Å². The number of hydrogen-bond acceptors (Lipinski definition) is 7. The number of carboxylic acid groups (broad SMARTS) is 1. The summed E-state index contributed by atoms with van der Waals surface area (Å²) in [6.07, 6.45) is 2.53. The first kappa shape index (κ1) is 27.2. The average molecular weight is 545 g/mol. The third kappa shape index (κ3) is 6.18. The summed E-state index contributed by atoms with van der Waals surface area (Å²) in [6.45, 7) is 3.24. The first-order chi connectivity index (χ1) is 18.1. The van der Waals surface area contributed by atoms with E-state index in [1.807, 2.05) is 0 Å². The van der Waals surface area contributed by atoms with Crippen LogP contribution in [0.4, 0.5) is 15.8 Å². The van der Waals surface area contributed by atoms with Gasteiger partial charge in [0.1, 0.15) is 22.9 Å². The van der Waals surface area contributed by atoms with Gasteiger partial charge in [-0.25, -0.2) is 17.8 Å². The van der Waals surface area contributed by atoms with Gasteiger partial charge in [0.05, 0.1) is 29.0 Å². The Labute approximate surface area is 219 Å². The Hall–Kier alpha value is -3.80. The molecule has 1 aliphatic carbocycles. The van der Waals surface area contributed by atoms with Crippen LogP contribution in [-0.4, -0.2) is 41.3 Å². The zero-order chi connectivity index (χ0) is 27.4. The molecule has 2 heterocycles. The summed E-state index contributed by atoms with van der Waals surface area (Å²) in [7, 11) is -3.88. The number of aromatic nitrogens is 2. The highest BCUT2D eigenvalue weighted by atomic mass is 32.2. The third-order valence-electron chi connectivity index (χ3n) is 6.71. The van der Waals surface area contributed by atoms with Gasteiger partial charge in [-0.2, -0.15) is 0 Å². The zero-order valence-electron chi connectivity index (χ0n) is 21.0. The SMILES string of the molecule is Cc1nc(-c2onc(C)c2NS(=O)(=O)CCc2ccccc2F)ccc1NC(=O)C1CCCCC1C(=O)O. The summed E-state index contributed by atoms with van der Waals surface area (Å²) in [5.41, 5.74) is 1.83. The van der Waals surface area contributed by atoms with Gasteiger partial charge in [0.2, 0.25) is 21.7 Å². The smallest absolute Gasteiger partial charge is 0.307 e. The Balaban J connectivity index is 1.49. The fourth-order valence-electron chi connectivity index (χ4n) is 4.60. The number of hydrogen-bond donors (Lipinski definition) is 3. The number of carbonyl (C=O) groups is 2. The molecule has 0 radical (unpaired) electrons. The molecule has 0 saturated heterocycles. The Bertz CT molecular complexity index is 1460. The Morgan fingerprint density at radius 3 is 2.47 bits per heavy atom. The molecule has 1 saturated carbocycles. The van der Waals surface area contributed by atoms with Crippen LogP contribution in [0.3, 0.4) is 0 Å². The second-order valence-corrected chi connectivity index (χ2v) is 11.2. The molecule has 3 N–H and O–H groups in total. The van der Waals surface area contributed by atoms with Gasteiger partial charge in [0.25, 0.3) is 0 Å². The highest BCUT2D eigenvalue weighted by molar-refractivity contribution is 7.92. The lowest BCUT2D eigenvalue weighted by molar-refractivity contribution is -0.147. The number of halogens is 1. The van der Waals surface area contributed by atoms with Crippen LogP contribution in [-0.2, 0) is 26.0 Å². The Morgan fingerprint density at radius 2 is 1.79 bits per heavy atom. The van der Waals surface area contributed by atoms with Gasteiger partial charge in [-0.3, -0.25) is 14.3 Å². The topological polar surface area (TPSA) is 151 Å². The van der Waals surface area contributed by atoms with Crippen molar-refractivity contribution in [3.63, 3.8) is 0 Å². The molecule has 4 rings (SSSR count). The lowest BCUT2D eigenvalue weighted by Crippen LogP contribution is -2.36. The molecule has 12 heteroatoms. The number of anilines is 2. The summed E-state index contributed by atoms with van der Waals surface area (Å²) in [5.74, 6) is -3.42. The maximum atomic E-state index is 13.9. The van der Waals surface area contributed by atoms with Crippen LogP contribution >= 0.6 is 0 Å². The highest BCUT2D eigenvalue weighted by Gasteiger charge is 2.36. The van der Waals surface area contributed by atoms with Crippen LogP contribution in [0.2, 0.25) is 0 Å². The van der Waals surface area contributed by atoms with Crippen molar-refractivity contribution in [2.45, 2.75) is 46.0 Å². The number of amides is 1. The van der Waals surface area contributed by atoms with E-state index in [4.69, 9.17) is 4.52 Å². The van der Waals surface area contributed by atoms with Crippen LogP contribution < -0.4 is 10.0 Å². The molecule has 1 aliphatic rings. The van der Waals surface area contributed by atoms with E-state index >= 15 is 0 Å². The van der Waals surface area contributed by atoms with Crippen molar-refractivity contribution in [1.82, 2.24) is 10.1 Å². The fourth-order valence-corrected chi connectivity index (χ4v) is 5.74. The van der Waals surface area contributed by atoms with Crippen molar-refractivity contribution in [2.75, 3.05) is 15.8 Å². The monoisotopic (exact) mass is 544 g/mol. The van der Waals surface area contributed by atoms with Gasteiger partial charge in [0, 0.05) is 0 Å². The molecule has 1 aromatic carbocycles. The number of nitrogens with zero attached hydrogens (tertiary/aromatic N) is 2. The Morgan fingerprint density at radius 1 is 1.08 bits per heavy atom. The minimum atomic E-state index is -3.88. The highest BCUT2D eigenvalue weighted by Crippen LogP contribution is 2.34. The van der Waals surface area contributed by atoms with Gasteiger partial charge in [0.15, 0.2) is 0 Å². The van der Waals surface area contributed by atoms with E-state index in [2.05, 4.69) is 20.2 Å². The lowest BCUT2D eigenvalue weighted by Gasteiger charge is -2.27. The number of benzene rings is 1. The van der Waals surface area contributed by atoms with Crippen molar-refractivity contribution >= 4 is 33.3 Å². The quantitative estimate of drug-likeness (QED) is 0.361. The van der Waals surface area contributed by atoms with E-state index in [9.17, 15) is 27.5 Å². The second kappa shape index (κ2) is 11.3. The number of nitrogens with one attached hydrogen (secondary N) is 2. The average Bonchev–Trinajstić information content (AvgIpc) is 3.23. The van der Waals surface area contributed by atoms with E-state index in [0.29, 0.717) is 29.9 Å². The number of carbonyl (C=O) groups excluding carboxylic acids is 1. The largest absolute Gasteiger partial charge is 0.481 e. The normalized spacial score (nSPS) is 17.7. The molecule has 0 spiro atoms. The molecule has 1 fully saturated rings. The molecule has 2 aromatic heterocycles. The number of carboxylic acids is 1. The summed E-state index contributed by atoms with van der Waals surface area (Å²) < 4.78 is 47.3. The Kier molecular flexibility index (Phi) is 8.10. The van der Waals surface area contributed by atoms with Crippen molar-refractivity contribution in [1.29, 1.82) is 0 Å². The first-order valence-electron chi connectivity index (χ1n) is 12.3. The minimum absolute atomic E-state index is 0.0167. The number of aryl methyl sites for hydroxylation is 3. The molecule has 10 nitrogen and oxygen atoms in total. The molecule has 38 heavy (non-hydrogen) atoms. The third-order valence-corrected chi connectivity index (χ3v) is 7.97. The molecule has 1 amide bonds. The van der Waals surface area contributed by atoms with E-state index < -0.39 is 33.6 Å². The molecule has 202 valence electrons. The van der Waals surface area contributed by atoms with Crippen molar-refractivity contribution in [3.8, 4) is 11.5 Å². The standard InChI is InChI=1S/C26H29FN4O6S/c1-15-21(29-25(32)18-8-4-5-9-19(18)26(33)34)11-12-22(28-15)24-23(16(2)30-37-24)31-38(35,36)14-13-17-7-3-6-10-20(17)27/h3,6-7,10-12,18-19,31H,4-5,8-9,13-14H2,1-2H3,(H,29,32)(H,33,34). The van der Waals surface area contributed by atoms with Gasteiger partial charge in [-0.15, -0.1) is 0 Å². The van der Waals surface area contributed by atoms with Crippen LogP contribution in [0, 0.1) is 31.5 Å². The van der Waals surface area contributed by atoms with E-state index in [1.165, 1.54) is 18.2 Å². The number of sulfonamides is 1. The maximum Gasteiger partial charge on any atom is 0.307 e. The van der Waals surface area contributed by atoms with E-state index in [1.54, 1.807) is 32.0 Å². The maximum absolute atomic E-state index is 13.9. The van der Waals surface area contributed by atoms with Crippen LogP contribution in [0.5, 0.6) is 0 Å². The van der Waals surface area contributed by atoms with Gasteiger partial charge >= 0.3 is 5.97 Å². The molecule has 0 aliphatic heterocycles. The zero-order valence-corrected chi connectivity index (χ0v) is 21.8. The van der Waals surface area contributed by atoms with E-state index in [0.717, 1.165) is 12.8 Å². The fraction of sp³-hybridized carbons (Fsp3) is 0.385. The molecule has 3 aromatic rings. The summed E-state index contributed by atoms with van der Waals surface area (Å²) in [5, 5.41) is 16.1. The van der Waals surface area contributed by atoms with Crippen molar-refractivity contribution in [2.24, 2.45) is 11.8 Å². The summed E-state index contributed by atoms with van der Waals surface area (Å²) in [6, 6.07) is 9.13. The number of aliphatic carboxylic acids is 1. The van der Waals surface area contributed by atoms with Gasteiger partial charge in [-0.1, -0.05) is 36.2 Å². The predicted molar refractivity (Wildman–Crippen MR) is 138 cm³/mol. The van der Waals surface area contributed by atoms with Crippen LogP contribution in [0.1, 0.15) is 42.6 Å². The van der Waals surface area contributed by atoms with Crippen molar-refractivity contribution in [3.05, 3.63) is 59.2 Å². The first-order valence-corrected chi connectivity index (χ1v) is 13.9. The molecule has 0 bridgehead atoms. The summed E-state index contributed by atoms with van der Waals surface area (Å²) >= 11 is 0. The molecular weight excluding hydrogens is 515 g/mol. The number of pyridine rings is 1. The van der Waals surface area contributed by atoms with E-state index in [-0.39, 0.29) is 40.8 Å². The van der Waals surface area contributed by atoms with Gasteiger partial charge < -0.3 is 14.9 Å². The minimum Gasteiger partial charge on any atom is -0.481 e. The molecular formula is C26H29FN4O6S. The molecule has 2 unspecified atom stereocenters. The molecule has 2 atom stereocenters. The second-order valence-electron chi connectivity index (χ2n) is 9.39. The lowest BCUT2D eigenvalue weighted by atomic mass is 9.78. The predicted octanol–water partition coefficient (Wildman–Crippen LogP) is 4.31. The van der Waals surface area contributed by atoms with Crippen molar-refractivity contribution < 1.29 is 32.0 Å². The van der Waals surface area contributed by atoms with Gasteiger partial charge in [-0.05, 0) is 56.9 Å². The number of rotatable bonds is 9.